The van der Waals surface area contributed by atoms with E-state index < -0.39 is 32.0 Å². The minimum Gasteiger partial charge on any atom is -0.348 e. The number of nitrogens with one attached hydrogen (secondary N) is 2. The molecule has 0 saturated heterocycles. The highest BCUT2D eigenvalue weighted by Gasteiger charge is 2.38. The van der Waals surface area contributed by atoms with E-state index in [0.717, 1.165) is 0 Å². The largest absolute Gasteiger partial charge is 0.472 e. The van der Waals surface area contributed by atoms with Crippen molar-refractivity contribution in [3.05, 3.63) is 0 Å². The first-order valence-corrected chi connectivity index (χ1v) is 9.07. The third-order valence-electron chi connectivity index (χ3n) is 2.74. The van der Waals surface area contributed by atoms with Crippen molar-refractivity contribution in [3.8, 4) is 0 Å². The van der Waals surface area contributed by atoms with Crippen molar-refractivity contribution in [2.45, 2.75) is 38.0 Å². The number of unbranched alkanes of at least 4 members (excludes halogenated alkanes) is 2. The van der Waals surface area contributed by atoms with Gasteiger partial charge in [-0.3, -0.25) is 18.6 Å². The van der Waals surface area contributed by atoms with Gasteiger partial charge < -0.3 is 15.5 Å². The predicted octanol–water partition coefficient (Wildman–Crippen LogP) is 2.04. The van der Waals surface area contributed by atoms with E-state index in [2.05, 4.69) is 9.05 Å². The van der Waals surface area contributed by atoms with Crippen LogP contribution in [0.15, 0.2) is 0 Å². The Balaban J connectivity index is 3.71. The van der Waals surface area contributed by atoms with E-state index in [1.54, 1.807) is 10.6 Å². The van der Waals surface area contributed by atoms with Gasteiger partial charge in [0.2, 0.25) is 0 Å². The predicted molar refractivity (Wildman–Crippen MR) is 78.3 cm³/mol. The van der Waals surface area contributed by atoms with Gasteiger partial charge in [-0.15, -0.1) is 0 Å². The molecule has 0 aromatic heterocycles. The van der Waals surface area contributed by atoms with Gasteiger partial charge in [-0.2, -0.15) is 26.3 Å². The van der Waals surface area contributed by atoms with Gasteiger partial charge in [0.15, 0.2) is 0 Å². The SMILES string of the molecule is O=C(NCCCCOP(=O)(O)OCCCCNC(=O)C(F)(F)F)C(F)(F)F. The normalized spacial score (nSPS) is 12.7. The quantitative estimate of drug-likeness (QED) is 0.247. The Morgan fingerprint density at radius 1 is 0.778 bits per heavy atom. The molecule has 8 nitrogen and oxygen atoms in total. The van der Waals surface area contributed by atoms with E-state index in [1.807, 2.05) is 0 Å². The summed E-state index contributed by atoms with van der Waals surface area (Å²) < 4.78 is 91.7. The molecule has 27 heavy (non-hydrogen) atoms. The molecule has 0 aliphatic rings. The van der Waals surface area contributed by atoms with Crippen LogP contribution in [-0.2, 0) is 23.2 Å². The van der Waals surface area contributed by atoms with Crippen LogP contribution in [0.1, 0.15) is 25.7 Å². The first-order chi connectivity index (χ1) is 12.3. The number of hydrogen-bond donors (Lipinski definition) is 3. The summed E-state index contributed by atoms with van der Waals surface area (Å²) in [6, 6.07) is 0. The minimum absolute atomic E-state index is 0.0563. The van der Waals surface area contributed by atoms with Gasteiger partial charge in [0.1, 0.15) is 0 Å². The fourth-order valence-corrected chi connectivity index (χ4v) is 2.25. The van der Waals surface area contributed by atoms with Crippen LogP contribution in [-0.4, -0.2) is 55.4 Å². The fourth-order valence-electron chi connectivity index (χ4n) is 1.46. The molecule has 0 atom stereocenters. The highest BCUT2D eigenvalue weighted by Crippen LogP contribution is 2.43. The lowest BCUT2D eigenvalue weighted by atomic mass is 10.3. The molecule has 0 aliphatic heterocycles. The van der Waals surface area contributed by atoms with E-state index in [-0.39, 0.29) is 52.0 Å². The van der Waals surface area contributed by atoms with Crippen LogP contribution < -0.4 is 10.6 Å². The average molecular weight is 432 g/mol. The number of carbonyl (C=O) groups excluding carboxylic acids is 2. The van der Waals surface area contributed by atoms with Crippen molar-refractivity contribution < 1.29 is 54.4 Å². The number of rotatable bonds is 12. The van der Waals surface area contributed by atoms with Crippen molar-refractivity contribution in [2.75, 3.05) is 26.3 Å². The molecule has 0 aliphatic carbocycles. The standard InChI is InChI=1S/C12H19F6N2O6P/c13-11(14,15)9(21)19-5-1-3-7-25-27(23,24)26-8-4-2-6-20-10(22)12(16,17)18/h1-8H2,(H,19,21)(H,20,22)(H,23,24). The monoisotopic (exact) mass is 432 g/mol. The lowest BCUT2D eigenvalue weighted by molar-refractivity contribution is -0.173. The summed E-state index contributed by atoms with van der Waals surface area (Å²) in [6.45, 7) is -1.25. The van der Waals surface area contributed by atoms with E-state index in [1.165, 1.54) is 0 Å². The number of amides is 2. The highest BCUT2D eigenvalue weighted by atomic mass is 31.2. The Labute approximate surface area is 150 Å². The number of hydrogen-bond acceptors (Lipinski definition) is 5. The summed E-state index contributed by atoms with van der Waals surface area (Å²) in [5.74, 6) is -4.18. The van der Waals surface area contributed by atoms with Crippen molar-refractivity contribution in [1.29, 1.82) is 0 Å². The maximum absolute atomic E-state index is 11.9. The zero-order chi connectivity index (χ0) is 21.1. The van der Waals surface area contributed by atoms with Crippen molar-refractivity contribution >= 4 is 19.6 Å². The Hall–Kier alpha value is -1.37. The van der Waals surface area contributed by atoms with Gasteiger partial charge in [-0.1, -0.05) is 0 Å². The topological polar surface area (TPSA) is 114 Å². The van der Waals surface area contributed by atoms with Crippen molar-refractivity contribution in [2.24, 2.45) is 0 Å². The van der Waals surface area contributed by atoms with E-state index >= 15 is 0 Å². The average Bonchev–Trinajstić information content (AvgIpc) is 2.51. The molecule has 0 aromatic carbocycles. The van der Waals surface area contributed by atoms with Crippen LogP contribution in [0.4, 0.5) is 26.3 Å². The van der Waals surface area contributed by atoms with Crippen LogP contribution in [0, 0.1) is 0 Å². The molecule has 0 aromatic rings. The van der Waals surface area contributed by atoms with E-state index in [0.29, 0.717) is 0 Å². The van der Waals surface area contributed by atoms with Gasteiger partial charge in [0.25, 0.3) is 0 Å². The van der Waals surface area contributed by atoms with Crippen LogP contribution in [0.25, 0.3) is 0 Å². The number of carbonyl (C=O) groups is 2. The molecule has 0 fully saturated rings. The lowest BCUT2D eigenvalue weighted by Crippen LogP contribution is -2.37. The third-order valence-corrected chi connectivity index (χ3v) is 3.75. The number of alkyl halides is 6. The molecule has 0 spiro atoms. The van der Waals surface area contributed by atoms with E-state index in [4.69, 9.17) is 0 Å². The van der Waals surface area contributed by atoms with Gasteiger partial charge >= 0.3 is 32.0 Å². The maximum Gasteiger partial charge on any atom is 0.472 e. The number of phosphoric acid groups is 1. The highest BCUT2D eigenvalue weighted by molar-refractivity contribution is 7.47. The maximum atomic E-state index is 11.9. The van der Waals surface area contributed by atoms with Crippen LogP contribution in [0.2, 0.25) is 0 Å². The second-order valence-electron chi connectivity index (χ2n) is 5.06. The summed E-state index contributed by atoms with van der Waals surface area (Å²) >= 11 is 0. The molecular formula is C12H19F6N2O6P. The molecule has 2 amide bonds. The summed E-state index contributed by atoms with van der Waals surface area (Å²) in [5, 5.41) is 3.22. The van der Waals surface area contributed by atoms with Gasteiger partial charge in [-0.25, -0.2) is 4.57 Å². The summed E-state index contributed by atoms with van der Waals surface area (Å²) in [5.41, 5.74) is 0. The summed E-state index contributed by atoms with van der Waals surface area (Å²) in [7, 11) is -4.42. The van der Waals surface area contributed by atoms with Crippen molar-refractivity contribution in [1.82, 2.24) is 10.6 Å². The molecule has 0 bridgehead atoms. The van der Waals surface area contributed by atoms with Gasteiger partial charge in [-0.05, 0) is 25.7 Å². The molecule has 0 radical (unpaired) electrons. The molecule has 160 valence electrons. The lowest BCUT2D eigenvalue weighted by Gasteiger charge is -2.12. The van der Waals surface area contributed by atoms with Gasteiger partial charge in [0, 0.05) is 13.1 Å². The molecule has 0 unspecified atom stereocenters. The molecule has 3 N–H and O–H groups in total. The molecular weight excluding hydrogens is 413 g/mol. The summed E-state index contributed by atoms with van der Waals surface area (Å²) in [4.78, 5) is 30.3. The van der Waals surface area contributed by atoms with Crippen molar-refractivity contribution in [3.63, 3.8) is 0 Å². The molecule has 0 heterocycles. The fraction of sp³-hybridized carbons (Fsp3) is 0.833. The molecule has 15 heteroatoms. The Bertz CT molecular complexity index is 485. The van der Waals surface area contributed by atoms with Crippen LogP contribution in [0.5, 0.6) is 0 Å². The first-order valence-electron chi connectivity index (χ1n) is 7.57. The summed E-state index contributed by atoms with van der Waals surface area (Å²) in [6.07, 6.45) is -9.73. The van der Waals surface area contributed by atoms with Crippen LogP contribution >= 0.6 is 7.82 Å². The Morgan fingerprint density at radius 2 is 1.11 bits per heavy atom. The third kappa shape index (κ3) is 13.4. The number of halogens is 6. The minimum atomic E-state index is -4.99. The Kier molecular flexibility index (Phi) is 10.9. The molecule has 0 saturated carbocycles. The second-order valence-corrected chi connectivity index (χ2v) is 6.51. The Morgan fingerprint density at radius 3 is 1.41 bits per heavy atom. The number of phosphoric ester groups is 1. The van der Waals surface area contributed by atoms with Gasteiger partial charge in [0.05, 0.1) is 13.2 Å². The first kappa shape index (κ1) is 25.6. The second kappa shape index (κ2) is 11.5. The zero-order valence-corrected chi connectivity index (χ0v) is 14.8. The zero-order valence-electron chi connectivity index (χ0n) is 13.9. The smallest absolute Gasteiger partial charge is 0.348 e. The van der Waals surface area contributed by atoms with E-state index in [9.17, 15) is 45.4 Å². The molecule has 0 rings (SSSR count). The van der Waals surface area contributed by atoms with Crippen LogP contribution in [0.3, 0.4) is 0 Å².